The molecule has 0 aromatic heterocycles. The Kier molecular flexibility index (Phi) is 9.84. The third-order valence-corrected chi connectivity index (χ3v) is 5.37. The van der Waals surface area contributed by atoms with E-state index in [-0.39, 0.29) is 31.0 Å². The van der Waals surface area contributed by atoms with Gasteiger partial charge in [0.1, 0.15) is 29.0 Å². The summed E-state index contributed by atoms with van der Waals surface area (Å²) in [5.74, 6) is 1.71. The molecule has 0 radical (unpaired) electrons. The molecule has 0 bridgehead atoms. The Hall–Kier alpha value is -3.42. The second-order valence-corrected chi connectivity index (χ2v) is 7.70. The van der Waals surface area contributed by atoms with E-state index in [1.807, 2.05) is 38.1 Å². The number of rotatable bonds is 12. The number of ether oxygens (including phenoxy) is 4. The summed E-state index contributed by atoms with van der Waals surface area (Å²) in [6, 6.07) is 11.8. The topological polar surface area (TPSA) is 86.3 Å². The average Bonchev–Trinajstić information content (AvgIpc) is 2.85. The molecular formula is C25H34N2O6. The summed E-state index contributed by atoms with van der Waals surface area (Å²) in [6.45, 7) is 5.65. The first kappa shape index (κ1) is 25.8. The molecule has 0 aliphatic carbocycles. The molecule has 2 aromatic carbocycles. The fourth-order valence-corrected chi connectivity index (χ4v) is 3.07. The minimum atomic E-state index is -0.683. The summed E-state index contributed by atoms with van der Waals surface area (Å²) < 4.78 is 21.4. The monoisotopic (exact) mass is 458 g/mol. The van der Waals surface area contributed by atoms with E-state index in [0.29, 0.717) is 17.2 Å². The van der Waals surface area contributed by atoms with Crippen LogP contribution in [-0.4, -0.2) is 56.7 Å². The van der Waals surface area contributed by atoms with Gasteiger partial charge in [-0.25, -0.2) is 0 Å². The maximum Gasteiger partial charge on any atom is 0.261 e. The van der Waals surface area contributed by atoms with Crippen LogP contribution in [0, 0.1) is 0 Å². The summed E-state index contributed by atoms with van der Waals surface area (Å²) in [7, 11) is 4.67. The molecule has 8 heteroatoms. The number of carbonyl (C=O) groups excluding carboxylic acids is 2. The van der Waals surface area contributed by atoms with Crippen molar-refractivity contribution in [1.82, 2.24) is 10.2 Å². The van der Waals surface area contributed by atoms with Crippen molar-refractivity contribution in [3.8, 4) is 23.0 Å². The highest BCUT2D eigenvalue weighted by molar-refractivity contribution is 5.88. The van der Waals surface area contributed by atoms with E-state index >= 15 is 0 Å². The number of nitrogens with zero attached hydrogens (tertiary/aromatic N) is 1. The van der Waals surface area contributed by atoms with Gasteiger partial charge in [0.05, 0.1) is 21.3 Å². The van der Waals surface area contributed by atoms with Crippen LogP contribution in [0.5, 0.6) is 23.0 Å². The van der Waals surface area contributed by atoms with Crippen LogP contribution < -0.4 is 24.3 Å². The maximum absolute atomic E-state index is 13.2. The lowest BCUT2D eigenvalue weighted by Crippen LogP contribution is -2.50. The van der Waals surface area contributed by atoms with E-state index in [1.54, 1.807) is 32.2 Å². The van der Waals surface area contributed by atoms with Crippen LogP contribution in [0.1, 0.15) is 32.8 Å². The van der Waals surface area contributed by atoms with Crippen molar-refractivity contribution in [2.24, 2.45) is 0 Å². The number of amides is 2. The Morgan fingerprint density at radius 1 is 0.879 bits per heavy atom. The normalized spacial score (nSPS) is 12.3. The molecule has 0 heterocycles. The van der Waals surface area contributed by atoms with Gasteiger partial charge in [-0.3, -0.25) is 9.59 Å². The van der Waals surface area contributed by atoms with Crippen molar-refractivity contribution in [2.75, 3.05) is 27.9 Å². The smallest absolute Gasteiger partial charge is 0.261 e. The summed E-state index contributed by atoms with van der Waals surface area (Å²) in [5.41, 5.74) is 0.871. The quantitative estimate of drug-likeness (QED) is 0.525. The Morgan fingerprint density at radius 2 is 1.42 bits per heavy atom. The van der Waals surface area contributed by atoms with Gasteiger partial charge >= 0.3 is 0 Å². The van der Waals surface area contributed by atoms with Crippen LogP contribution in [0.25, 0.3) is 0 Å². The van der Waals surface area contributed by atoms with Crippen molar-refractivity contribution in [2.45, 2.75) is 45.8 Å². The Bertz CT molecular complexity index is 893. The fraction of sp³-hybridized carbons (Fsp3) is 0.440. The van der Waals surface area contributed by atoms with Crippen molar-refractivity contribution in [3.05, 3.63) is 48.0 Å². The lowest BCUT2D eigenvalue weighted by molar-refractivity contribution is -0.142. The largest absolute Gasteiger partial charge is 0.497 e. The maximum atomic E-state index is 13.2. The summed E-state index contributed by atoms with van der Waals surface area (Å²) in [4.78, 5) is 27.5. The molecule has 0 aliphatic heterocycles. The molecule has 8 nitrogen and oxygen atoms in total. The molecule has 180 valence electrons. The van der Waals surface area contributed by atoms with Gasteiger partial charge in [0.2, 0.25) is 5.91 Å². The van der Waals surface area contributed by atoms with Crippen LogP contribution in [0.3, 0.4) is 0 Å². The lowest BCUT2D eigenvalue weighted by Gasteiger charge is -2.29. The van der Waals surface area contributed by atoms with E-state index in [9.17, 15) is 9.59 Å². The fourth-order valence-electron chi connectivity index (χ4n) is 3.07. The molecule has 0 aliphatic rings. The van der Waals surface area contributed by atoms with Gasteiger partial charge in [0.25, 0.3) is 5.91 Å². The first-order valence-corrected chi connectivity index (χ1v) is 10.9. The van der Waals surface area contributed by atoms with Crippen LogP contribution in [0.4, 0.5) is 0 Å². The molecular weight excluding hydrogens is 424 g/mol. The average molecular weight is 459 g/mol. The van der Waals surface area contributed by atoms with Crippen molar-refractivity contribution < 1.29 is 28.5 Å². The van der Waals surface area contributed by atoms with Crippen molar-refractivity contribution >= 4 is 11.8 Å². The number of carbonyl (C=O) groups is 2. The summed E-state index contributed by atoms with van der Waals surface area (Å²) in [5, 5.41) is 2.95. The molecule has 2 amide bonds. The van der Waals surface area contributed by atoms with Crippen LogP contribution in [0.2, 0.25) is 0 Å². The molecule has 0 unspecified atom stereocenters. The second-order valence-electron chi connectivity index (χ2n) is 7.70. The zero-order valence-corrected chi connectivity index (χ0v) is 20.2. The first-order valence-electron chi connectivity index (χ1n) is 10.9. The number of nitrogens with one attached hydrogen (secondary N) is 1. The van der Waals surface area contributed by atoms with Crippen molar-refractivity contribution in [1.29, 1.82) is 0 Å². The molecule has 33 heavy (non-hydrogen) atoms. The Morgan fingerprint density at radius 3 is 1.94 bits per heavy atom. The number of hydrogen-bond acceptors (Lipinski definition) is 6. The van der Waals surface area contributed by atoms with Crippen LogP contribution >= 0.6 is 0 Å². The zero-order valence-electron chi connectivity index (χ0n) is 20.2. The van der Waals surface area contributed by atoms with Gasteiger partial charge in [0.15, 0.2) is 6.61 Å². The molecule has 2 rings (SSSR count). The predicted octanol–water partition coefficient (Wildman–Crippen LogP) is 3.42. The van der Waals surface area contributed by atoms with Gasteiger partial charge in [-0.15, -0.1) is 0 Å². The molecule has 0 fully saturated rings. The molecule has 0 spiro atoms. The Balaban J connectivity index is 2.19. The van der Waals surface area contributed by atoms with Gasteiger partial charge in [-0.2, -0.15) is 0 Å². The first-order chi connectivity index (χ1) is 15.8. The molecule has 0 saturated heterocycles. The van der Waals surface area contributed by atoms with Crippen molar-refractivity contribution in [3.63, 3.8) is 0 Å². The number of methoxy groups -OCH3 is 3. The predicted molar refractivity (Wildman–Crippen MR) is 126 cm³/mol. The lowest BCUT2D eigenvalue weighted by atomic mass is 10.1. The molecule has 2 aromatic rings. The van der Waals surface area contributed by atoms with E-state index in [4.69, 9.17) is 18.9 Å². The van der Waals surface area contributed by atoms with Crippen LogP contribution in [0.15, 0.2) is 42.5 Å². The van der Waals surface area contributed by atoms with Gasteiger partial charge < -0.3 is 29.2 Å². The van der Waals surface area contributed by atoms with Crippen LogP contribution in [-0.2, 0) is 16.1 Å². The number of benzene rings is 2. The summed E-state index contributed by atoms with van der Waals surface area (Å²) in [6.07, 6.45) is 0.797. The zero-order chi connectivity index (χ0) is 24.4. The molecule has 0 saturated carbocycles. The number of hydrogen-bond donors (Lipinski definition) is 1. The minimum absolute atomic E-state index is 0.0124. The summed E-state index contributed by atoms with van der Waals surface area (Å²) >= 11 is 0. The molecule has 2 atom stereocenters. The van der Waals surface area contributed by atoms with Gasteiger partial charge in [-0.1, -0.05) is 19.1 Å². The third-order valence-electron chi connectivity index (χ3n) is 5.37. The highest BCUT2D eigenvalue weighted by Crippen LogP contribution is 2.27. The van der Waals surface area contributed by atoms with E-state index < -0.39 is 6.04 Å². The van der Waals surface area contributed by atoms with Gasteiger partial charge in [0, 0.05) is 30.8 Å². The van der Waals surface area contributed by atoms with Gasteiger partial charge in [-0.05, 0) is 38.0 Å². The second kappa shape index (κ2) is 12.6. The minimum Gasteiger partial charge on any atom is -0.497 e. The third kappa shape index (κ3) is 7.59. The van der Waals surface area contributed by atoms with E-state index in [2.05, 4.69) is 5.32 Å². The Labute approximate surface area is 195 Å². The van der Waals surface area contributed by atoms with E-state index in [0.717, 1.165) is 17.7 Å². The standard InChI is InChI=1S/C25H34N2O6/c1-7-17(2)26-25(29)18(3)27(15-19-8-10-20(30-4)11-9-19)24(28)16-33-23-13-21(31-5)12-22(14-23)32-6/h8-14,17-18H,7,15-16H2,1-6H3,(H,26,29)/t17-,18-/m0/s1. The van der Waals surface area contributed by atoms with E-state index in [1.165, 1.54) is 19.1 Å². The highest BCUT2D eigenvalue weighted by atomic mass is 16.5. The SMILES string of the molecule is CC[C@H](C)NC(=O)[C@H](C)N(Cc1ccc(OC)cc1)C(=O)COc1cc(OC)cc(OC)c1. The highest BCUT2D eigenvalue weighted by Gasteiger charge is 2.27. The molecule has 1 N–H and O–H groups in total.